The molecule has 87 heavy (non-hydrogen) atoms. The molecular formula is C58H73N12O15P2+. The lowest BCUT2D eigenvalue weighted by Gasteiger charge is -2.37. The van der Waals surface area contributed by atoms with Crippen molar-refractivity contribution in [3.8, 4) is 17.6 Å². The molecule has 2 amide bonds. The summed E-state index contributed by atoms with van der Waals surface area (Å²) in [5.74, 6) is 0.0222. The molecule has 8 atom stereocenters. The maximum absolute atomic E-state index is 13.3. The highest BCUT2D eigenvalue weighted by Crippen LogP contribution is 2.51. The first-order valence-corrected chi connectivity index (χ1v) is 30.5. The lowest BCUT2D eigenvalue weighted by atomic mass is 9.80. The van der Waals surface area contributed by atoms with Gasteiger partial charge in [0.1, 0.15) is 23.2 Å². The second kappa shape index (κ2) is 29.5. The van der Waals surface area contributed by atoms with Crippen molar-refractivity contribution in [3.63, 3.8) is 0 Å². The molecule has 9 rings (SSSR count). The number of fused-ring (bicyclic) bond motifs is 2. The van der Waals surface area contributed by atoms with Gasteiger partial charge in [-0.15, -0.1) is 9.42 Å². The number of hydrogen-bond donors (Lipinski definition) is 6. The van der Waals surface area contributed by atoms with Crippen LogP contribution in [0, 0.1) is 23.2 Å². The summed E-state index contributed by atoms with van der Waals surface area (Å²) in [5, 5.41) is 23.9. The standard InChI is InChI=1S/C44H54N7O8P.C14H18N5O7P/c1-28(2)40(52)48-43-47-39-38(41(53)49-43)46-27-50(39)42-37(59-60(57-24-12-23-45)51(29(3)4)30(5)6)25-36(58-42)26-56-44(31-13-10-9-11-14-31,32-15-19-34(54-7)20-16-32)33-17-21-35(55-8)22-18-33;1-6(2)11(21)17-14-16-10-9(12(22)18-14)15-5-19(10)13-8(26-27(23)24)3-7(4-20)25-13/h9-11,13-22,27-30,36-37,42H,12,24-26H2,1-8H3,(H2,47,48,49,52,53);5-8,13,20H,3-4H2,1-2H3,(H2-,16,17,18,21,22,23,24)/p+1/t36?,37-,42-,60?;7?,8-,13-/m11/s1. The predicted octanol–water partition coefficient (Wildman–Crippen LogP) is 7.72. The number of ether oxygens (including phenoxy) is 5. The Balaban J connectivity index is 0.000000302. The quantitative estimate of drug-likeness (QED) is 0.0181. The van der Waals surface area contributed by atoms with E-state index < -0.39 is 70.4 Å². The Hall–Kier alpha value is -7.44. The number of imidazole rings is 2. The molecule has 29 heteroatoms. The van der Waals surface area contributed by atoms with Crippen molar-refractivity contribution in [1.29, 1.82) is 5.26 Å². The summed E-state index contributed by atoms with van der Waals surface area (Å²) < 4.78 is 65.4. The molecule has 2 fully saturated rings. The maximum Gasteiger partial charge on any atom is 0.695 e. The number of benzene rings is 3. The Labute approximate surface area is 503 Å². The molecule has 0 saturated carbocycles. The number of aliphatic hydroxyl groups is 1. The fourth-order valence-corrected chi connectivity index (χ4v) is 12.2. The van der Waals surface area contributed by atoms with E-state index in [1.54, 1.807) is 46.5 Å². The molecule has 0 bridgehead atoms. The number of aromatic nitrogens is 8. The van der Waals surface area contributed by atoms with Gasteiger partial charge in [-0.05, 0) is 68.7 Å². The normalized spacial score (nSPS) is 19.2. The van der Waals surface area contributed by atoms with E-state index >= 15 is 0 Å². The van der Waals surface area contributed by atoms with E-state index in [0.29, 0.717) is 17.9 Å². The lowest BCUT2D eigenvalue weighted by Crippen LogP contribution is -2.36. The van der Waals surface area contributed by atoms with Crippen LogP contribution in [0.2, 0.25) is 0 Å². The molecule has 0 aliphatic carbocycles. The number of amides is 2. The summed E-state index contributed by atoms with van der Waals surface area (Å²) in [4.78, 5) is 81.5. The topological polar surface area (TPSA) is 344 Å². The summed E-state index contributed by atoms with van der Waals surface area (Å²) in [6.45, 7) is 15.1. The zero-order chi connectivity index (χ0) is 62.7. The first kappa shape index (κ1) is 65.5. The Morgan fingerprint density at radius 1 is 0.759 bits per heavy atom. The smallest absolute Gasteiger partial charge is 0.497 e. The molecule has 0 radical (unpaired) electrons. The third-order valence-corrected chi connectivity index (χ3v) is 16.8. The van der Waals surface area contributed by atoms with E-state index in [-0.39, 0.29) is 103 Å². The molecule has 6 N–H and O–H groups in total. The van der Waals surface area contributed by atoms with Gasteiger partial charge in [-0.3, -0.25) is 48.9 Å². The minimum atomic E-state index is -2.90. The summed E-state index contributed by atoms with van der Waals surface area (Å²) in [6, 6.07) is 27.9. The fraction of sp³-hybridized carbons (Fsp3) is 0.466. The lowest BCUT2D eigenvalue weighted by molar-refractivity contribution is -0.119. The highest BCUT2D eigenvalue weighted by atomic mass is 31.2. The number of nitrogens with zero attached hydrogens (tertiary/aromatic N) is 8. The second-order valence-electron chi connectivity index (χ2n) is 21.6. The van der Waals surface area contributed by atoms with Crippen LogP contribution in [-0.2, 0) is 47.5 Å². The third-order valence-electron chi connectivity index (χ3n) is 14.2. The maximum atomic E-state index is 13.3. The molecule has 7 aromatic rings. The molecule has 2 aliphatic rings. The van der Waals surface area contributed by atoms with E-state index in [9.17, 15) is 34.1 Å². The van der Waals surface area contributed by atoms with Crippen molar-refractivity contribution < 1.29 is 61.4 Å². The third kappa shape index (κ3) is 15.3. The number of carbonyl (C=O) groups is 2. The summed E-state index contributed by atoms with van der Waals surface area (Å²) in [5.41, 5.74) is 0.782. The van der Waals surface area contributed by atoms with Crippen LogP contribution in [-0.4, -0.2) is 136 Å². The SMILES string of the molecule is CC(C)C(=O)Nc1nc2c(ncn2[C@@H]2OC(CO)C[C@H]2O[P+](=O)O)c(=O)[nH]1.COc1ccc(C(OCC2C[C@@H](OP(OCCC#N)N(C(C)C)C(C)C)[C@H](n3cnc4c(=O)[nH]c(NC(=O)C(C)C)nc43)O2)(c2ccccc2)c2ccc(OC)cc2)cc1. The minimum Gasteiger partial charge on any atom is -0.497 e. The van der Waals surface area contributed by atoms with Crippen LogP contribution in [0.15, 0.2) is 101 Å². The van der Waals surface area contributed by atoms with Gasteiger partial charge < -0.3 is 37.8 Å². The first-order valence-electron chi connectivity index (χ1n) is 28.2. The molecule has 27 nitrogen and oxygen atoms in total. The van der Waals surface area contributed by atoms with Crippen LogP contribution >= 0.6 is 16.8 Å². The van der Waals surface area contributed by atoms with E-state index in [4.69, 9.17) is 42.1 Å². The van der Waals surface area contributed by atoms with Gasteiger partial charge in [0, 0.05) is 41.3 Å². The van der Waals surface area contributed by atoms with Crippen LogP contribution in [0.3, 0.4) is 0 Å². The van der Waals surface area contributed by atoms with Gasteiger partial charge in [0.15, 0.2) is 40.9 Å². The number of aliphatic hydroxyl groups excluding tert-OH is 1. The number of nitrogens with one attached hydrogen (secondary N) is 4. The molecule has 0 spiro atoms. The number of H-pyrrole nitrogens is 2. The average molecular weight is 1240 g/mol. The van der Waals surface area contributed by atoms with Crippen molar-refractivity contribution in [1.82, 2.24) is 43.7 Å². The average Bonchev–Trinajstić information content (AvgIpc) is 1.79. The molecule has 2 saturated heterocycles. The van der Waals surface area contributed by atoms with Crippen LogP contribution in [0.4, 0.5) is 11.9 Å². The fourth-order valence-electron chi connectivity index (χ4n) is 10.0. The largest absolute Gasteiger partial charge is 0.695 e. The van der Waals surface area contributed by atoms with Crippen molar-refractivity contribution in [2.45, 2.75) is 129 Å². The number of rotatable bonds is 25. The van der Waals surface area contributed by atoms with E-state index in [1.807, 2.05) is 78.9 Å². The number of methoxy groups -OCH3 is 2. The number of hydrogen-bond acceptors (Lipinski definition) is 20. The van der Waals surface area contributed by atoms with Crippen molar-refractivity contribution >= 4 is 62.8 Å². The van der Waals surface area contributed by atoms with Gasteiger partial charge in [-0.25, -0.2) is 14.6 Å². The zero-order valence-corrected chi connectivity index (χ0v) is 51.6. The highest BCUT2D eigenvalue weighted by Gasteiger charge is 2.46. The zero-order valence-electron chi connectivity index (χ0n) is 49.9. The summed E-state index contributed by atoms with van der Waals surface area (Å²) >= 11 is 0. The van der Waals surface area contributed by atoms with Gasteiger partial charge in [0.25, 0.3) is 19.6 Å². The van der Waals surface area contributed by atoms with E-state index in [2.05, 4.69) is 79.0 Å². The Morgan fingerprint density at radius 2 is 1.23 bits per heavy atom. The van der Waals surface area contributed by atoms with Gasteiger partial charge in [-0.2, -0.15) is 15.2 Å². The Kier molecular flexibility index (Phi) is 22.2. The van der Waals surface area contributed by atoms with Gasteiger partial charge >= 0.3 is 8.25 Å². The van der Waals surface area contributed by atoms with E-state index in [0.717, 1.165) is 16.7 Å². The Morgan fingerprint density at radius 3 is 1.68 bits per heavy atom. The van der Waals surface area contributed by atoms with Gasteiger partial charge in [0.2, 0.25) is 23.7 Å². The molecule has 464 valence electrons. The summed E-state index contributed by atoms with van der Waals surface area (Å²) in [7, 11) is -1.36. The number of carbonyl (C=O) groups excluding carboxylic acids is 2. The van der Waals surface area contributed by atoms with E-state index in [1.165, 1.54) is 17.2 Å². The molecule has 2 aliphatic heterocycles. The Bertz CT molecular complexity index is 3580. The number of nitriles is 1. The van der Waals surface area contributed by atoms with Crippen molar-refractivity contribution in [2.75, 3.05) is 44.7 Å². The van der Waals surface area contributed by atoms with Crippen LogP contribution in [0.1, 0.15) is 104 Å². The predicted molar refractivity (Wildman–Crippen MR) is 320 cm³/mol. The second-order valence-corrected chi connectivity index (χ2v) is 23.7. The molecule has 4 aromatic heterocycles. The van der Waals surface area contributed by atoms with Crippen LogP contribution in [0.25, 0.3) is 22.3 Å². The molecular weight excluding hydrogens is 1170 g/mol. The van der Waals surface area contributed by atoms with Gasteiger partial charge in [-0.1, -0.05) is 82.3 Å². The monoisotopic (exact) mass is 1240 g/mol. The first-order chi connectivity index (χ1) is 41.7. The number of aromatic amines is 2. The summed E-state index contributed by atoms with van der Waals surface area (Å²) in [6.07, 6.45) is -0.983. The van der Waals surface area contributed by atoms with Crippen molar-refractivity contribution in [2.24, 2.45) is 11.8 Å². The van der Waals surface area contributed by atoms with Crippen LogP contribution in [0.5, 0.6) is 11.5 Å². The number of anilines is 2. The van der Waals surface area contributed by atoms with Crippen LogP contribution < -0.4 is 31.2 Å². The molecule has 6 heterocycles. The van der Waals surface area contributed by atoms with Gasteiger partial charge in [0.05, 0.1) is 71.4 Å². The highest BCUT2D eigenvalue weighted by molar-refractivity contribution is 7.44. The minimum absolute atomic E-state index is 0.000676. The molecule has 4 unspecified atom stereocenters. The van der Waals surface area contributed by atoms with Crippen molar-refractivity contribution in [3.05, 3.63) is 129 Å². The molecule has 3 aromatic carbocycles.